The molecule has 0 saturated heterocycles. The van der Waals surface area contributed by atoms with E-state index in [0.29, 0.717) is 21.6 Å². The number of benzene rings is 3. The average molecular weight is 489 g/mol. The molecule has 0 aliphatic carbocycles. The molecular formula is C27H25ClN4OS. The lowest BCUT2D eigenvalue weighted by Gasteiger charge is -2.20. The maximum Gasteiger partial charge on any atom is 0.252 e. The van der Waals surface area contributed by atoms with Gasteiger partial charge in [-0.15, -0.1) is 0 Å². The summed E-state index contributed by atoms with van der Waals surface area (Å²) in [6, 6.07) is 29.1. The molecule has 5 nitrogen and oxygen atoms in total. The SMILES string of the molecule is CN(C)c1cc(Cl)nc(SCc2cccc(C(=O)NC(c3ccccc3)c3ccccc3)c2)n1. The van der Waals surface area contributed by atoms with Crippen LogP contribution in [0, 0.1) is 0 Å². The second kappa shape index (κ2) is 11.2. The number of aromatic nitrogens is 2. The number of carbonyl (C=O) groups excluding carboxylic acids is 1. The van der Waals surface area contributed by atoms with E-state index in [-0.39, 0.29) is 11.9 Å². The van der Waals surface area contributed by atoms with E-state index in [9.17, 15) is 4.79 Å². The highest BCUT2D eigenvalue weighted by atomic mass is 35.5. The molecule has 1 aromatic heterocycles. The molecule has 3 aromatic carbocycles. The van der Waals surface area contributed by atoms with Gasteiger partial charge in [0, 0.05) is 31.5 Å². The van der Waals surface area contributed by atoms with Crippen molar-refractivity contribution in [2.75, 3.05) is 19.0 Å². The highest BCUT2D eigenvalue weighted by molar-refractivity contribution is 7.98. The molecule has 172 valence electrons. The molecular weight excluding hydrogens is 464 g/mol. The third-order valence-corrected chi connectivity index (χ3v) is 6.33. The van der Waals surface area contributed by atoms with Gasteiger partial charge in [-0.25, -0.2) is 9.97 Å². The maximum atomic E-state index is 13.2. The second-order valence-corrected chi connectivity index (χ2v) is 9.27. The van der Waals surface area contributed by atoms with Crippen LogP contribution in [0.25, 0.3) is 0 Å². The fourth-order valence-electron chi connectivity index (χ4n) is 3.49. The summed E-state index contributed by atoms with van der Waals surface area (Å²) in [6.45, 7) is 0. The lowest BCUT2D eigenvalue weighted by molar-refractivity contribution is 0.0943. The Morgan fingerprint density at radius 3 is 2.18 bits per heavy atom. The van der Waals surface area contributed by atoms with Crippen molar-refractivity contribution < 1.29 is 4.79 Å². The number of hydrogen-bond donors (Lipinski definition) is 1. The van der Waals surface area contributed by atoms with E-state index in [1.165, 1.54) is 11.8 Å². The number of nitrogens with one attached hydrogen (secondary N) is 1. The maximum absolute atomic E-state index is 13.2. The van der Waals surface area contributed by atoms with E-state index in [1.54, 1.807) is 6.07 Å². The van der Waals surface area contributed by atoms with Crippen LogP contribution in [0.3, 0.4) is 0 Å². The van der Waals surface area contributed by atoms with Crippen LogP contribution in [0.1, 0.15) is 33.1 Å². The summed E-state index contributed by atoms with van der Waals surface area (Å²) < 4.78 is 0. The van der Waals surface area contributed by atoms with Crippen molar-refractivity contribution in [1.29, 1.82) is 0 Å². The van der Waals surface area contributed by atoms with Gasteiger partial charge in [0.15, 0.2) is 5.16 Å². The number of amides is 1. The van der Waals surface area contributed by atoms with Crippen molar-refractivity contribution in [3.63, 3.8) is 0 Å². The Hall–Kier alpha value is -3.35. The van der Waals surface area contributed by atoms with Gasteiger partial charge in [-0.1, -0.05) is 96.2 Å². The van der Waals surface area contributed by atoms with Crippen molar-refractivity contribution in [3.05, 3.63) is 118 Å². The van der Waals surface area contributed by atoms with Crippen molar-refractivity contribution in [2.45, 2.75) is 17.0 Å². The van der Waals surface area contributed by atoms with E-state index in [1.807, 2.05) is 104 Å². The molecule has 1 N–H and O–H groups in total. The van der Waals surface area contributed by atoms with Crippen molar-refractivity contribution >= 4 is 35.1 Å². The number of nitrogens with zero attached hydrogens (tertiary/aromatic N) is 3. The van der Waals surface area contributed by atoms with Crippen molar-refractivity contribution in [3.8, 4) is 0 Å². The molecule has 0 atom stereocenters. The zero-order chi connectivity index (χ0) is 23.9. The fraction of sp³-hybridized carbons (Fsp3) is 0.148. The molecule has 0 spiro atoms. The molecule has 0 unspecified atom stereocenters. The van der Waals surface area contributed by atoms with Crippen molar-refractivity contribution in [1.82, 2.24) is 15.3 Å². The number of halogens is 1. The third-order valence-electron chi connectivity index (χ3n) is 5.22. The first kappa shape index (κ1) is 23.8. The summed E-state index contributed by atoms with van der Waals surface area (Å²) >= 11 is 7.63. The number of rotatable bonds is 8. The monoisotopic (exact) mass is 488 g/mol. The van der Waals surface area contributed by atoms with Crippen LogP contribution in [0.2, 0.25) is 5.15 Å². The summed E-state index contributed by atoms with van der Waals surface area (Å²) in [7, 11) is 3.82. The normalized spacial score (nSPS) is 10.8. The van der Waals surface area contributed by atoms with Gasteiger partial charge in [-0.2, -0.15) is 0 Å². The predicted molar refractivity (Wildman–Crippen MR) is 140 cm³/mol. The van der Waals surface area contributed by atoms with Gasteiger partial charge in [0.05, 0.1) is 6.04 Å². The highest BCUT2D eigenvalue weighted by Crippen LogP contribution is 2.25. The van der Waals surface area contributed by atoms with Gasteiger partial charge < -0.3 is 10.2 Å². The Morgan fingerprint density at radius 1 is 0.912 bits per heavy atom. The van der Waals surface area contributed by atoms with Gasteiger partial charge >= 0.3 is 0 Å². The summed E-state index contributed by atoms with van der Waals surface area (Å²) in [6.07, 6.45) is 0. The smallest absolute Gasteiger partial charge is 0.252 e. The standard InChI is InChI=1S/C27H25ClN4OS/c1-32(2)24-17-23(28)29-27(30-24)34-18-19-10-9-15-22(16-19)26(33)31-25(20-11-5-3-6-12-20)21-13-7-4-8-14-21/h3-17,25H,18H2,1-2H3,(H,31,33). The van der Waals surface area contributed by atoms with Crippen LogP contribution in [0.15, 0.2) is 96.2 Å². The third kappa shape index (κ3) is 6.16. The van der Waals surface area contributed by atoms with Crippen LogP contribution in [-0.4, -0.2) is 30.0 Å². The Labute approximate surface area is 209 Å². The Kier molecular flexibility index (Phi) is 7.83. The first-order valence-corrected chi connectivity index (χ1v) is 12.2. The molecule has 1 heterocycles. The lowest BCUT2D eigenvalue weighted by atomic mass is 9.98. The number of hydrogen-bond acceptors (Lipinski definition) is 5. The predicted octanol–water partition coefficient (Wildman–Crippen LogP) is 6.01. The van der Waals surface area contributed by atoms with Gasteiger partial charge in [-0.3, -0.25) is 4.79 Å². The number of carbonyl (C=O) groups is 1. The molecule has 1 amide bonds. The second-order valence-electron chi connectivity index (χ2n) is 7.94. The molecule has 0 fully saturated rings. The Bertz CT molecular complexity index is 1210. The summed E-state index contributed by atoms with van der Waals surface area (Å²) in [5, 5.41) is 4.20. The van der Waals surface area contributed by atoms with Crippen molar-refractivity contribution in [2.24, 2.45) is 0 Å². The topological polar surface area (TPSA) is 58.1 Å². The first-order chi connectivity index (χ1) is 16.5. The summed E-state index contributed by atoms with van der Waals surface area (Å²) in [5.74, 6) is 1.25. The van der Waals surface area contributed by atoms with E-state index in [0.717, 1.165) is 22.5 Å². The van der Waals surface area contributed by atoms with E-state index in [4.69, 9.17) is 11.6 Å². The highest BCUT2D eigenvalue weighted by Gasteiger charge is 2.18. The lowest BCUT2D eigenvalue weighted by Crippen LogP contribution is -2.29. The molecule has 0 radical (unpaired) electrons. The molecule has 0 aliphatic rings. The van der Waals surface area contributed by atoms with Gasteiger partial charge in [0.2, 0.25) is 0 Å². The van der Waals surface area contributed by atoms with Gasteiger partial charge in [0.1, 0.15) is 11.0 Å². The minimum Gasteiger partial charge on any atom is -0.363 e. The molecule has 0 bridgehead atoms. The zero-order valence-electron chi connectivity index (χ0n) is 19.0. The molecule has 7 heteroatoms. The van der Waals surface area contributed by atoms with Gasteiger partial charge in [-0.05, 0) is 28.8 Å². The van der Waals surface area contributed by atoms with Crippen LogP contribution in [-0.2, 0) is 5.75 Å². The number of thioether (sulfide) groups is 1. The fourth-order valence-corrected chi connectivity index (χ4v) is 4.52. The molecule has 4 rings (SSSR count). The Balaban J connectivity index is 1.50. The molecule has 34 heavy (non-hydrogen) atoms. The van der Waals surface area contributed by atoms with Crippen LogP contribution >= 0.6 is 23.4 Å². The van der Waals surface area contributed by atoms with Crippen LogP contribution < -0.4 is 10.2 Å². The summed E-state index contributed by atoms with van der Waals surface area (Å²) in [5.41, 5.74) is 3.67. The minimum atomic E-state index is -0.239. The quantitative estimate of drug-likeness (QED) is 0.187. The largest absolute Gasteiger partial charge is 0.363 e. The zero-order valence-corrected chi connectivity index (χ0v) is 20.6. The summed E-state index contributed by atoms with van der Waals surface area (Å²) in [4.78, 5) is 23.9. The van der Waals surface area contributed by atoms with Crippen LogP contribution in [0.5, 0.6) is 0 Å². The Morgan fingerprint density at radius 2 is 1.56 bits per heavy atom. The van der Waals surface area contributed by atoms with E-state index >= 15 is 0 Å². The van der Waals surface area contributed by atoms with E-state index in [2.05, 4.69) is 15.3 Å². The van der Waals surface area contributed by atoms with Gasteiger partial charge in [0.25, 0.3) is 5.91 Å². The number of anilines is 1. The molecule has 0 saturated carbocycles. The minimum absolute atomic E-state index is 0.126. The van der Waals surface area contributed by atoms with Crippen LogP contribution in [0.4, 0.5) is 5.82 Å². The first-order valence-electron chi connectivity index (χ1n) is 10.8. The van der Waals surface area contributed by atoms with E-state index < -0.39 is 0 Å². The average Bonchev–Trinajstić information content (AvgIpc) is 2.87. The molecule has 4 aromatic rings. The molecule has 0 aliphatic heterocycles.